The van der Waals surface area contributed by atoms with Gasteiger partial charge in [-0.1, -0.05) is 0 Å². The van der Waals surface area contributed by atoms with E-state index in [0.717, 1.165) is 22.3 Å². The molecule has 0 aliphatic heterocycles. The monoisotopic (exact) mass is 235 g/mol. The molecule has 4 nitrogen and oxygen atoms in total. The Balaban J connectivity index is 2.51. The number of furan rings is 1. The standard InChI is InChI=1S/C13H17NO3/c1-8-4-10-5-9(11(15)7-14-2)6-12(16-3)13(10)17-8/h4-6,11,14-15H,7H2,1-3H3. The maximum Gasteiger partial charge on any atom is 0.176 e. The number of aliphatic hydroxyl groups excluding tert-OH is 1. The third-order valence-corrected chi connectivity index (χ3v) is 2.73. The van der Waals surface area contributed by atoms with Gasteiger partial charge in [-0.25, -0.2) is 0 Å². The summed E-state index contributed by atoms with van der Waals surface area (Å²) in [6, 6.07) is 5.68. The number of hydrogen-bond acceptors (Lipinski definition) is 4. The van der Waals surface area contributed by atoms with Crippen molar-refractivity contribution in [3.05, 3.63) is 29.5 Å². The predicted octanol–water partition coefficient (Wildman–Crippen LogP) is 2.00. The second-order valence-electron chi connectivity index (χ2n) is 4.07. The van der Waals surface area contributed by atoms with Crippen molar-refractivity contribution in [3.8, 4) is 5.75 Å². The van der Waals surface area contributed by atoms with Crippen LogP contribution in [0.1, 0.15) is 17.4 Å². The maximum atomic E-state index is 9.96. The third kappa shape index (κ3) is 2.28. The zero-order valence-corrected chi connectivity index (χ0v) is 10.3. The van der Waals surface area contributed by atoms with Gasteiger partial charge < -0.3 is 19.6 Å². The quantitative estimate of drug-likeness (QED) is 0.851. The number of aryl methyl sites for hydroxylation is 1. The first kappa shape index (κ1) is 12.0. The minimum atomic E-state index is -0.548. The Kier molecular flexibility index (Phi) is 3.36. The number of methoxy groups -OCH3 is 1. The Labute approximate surface area is 100 Å². The van der Waals surface area contributed by atoms with Crippen LogP contribution in [0.5, 0.6) is 5.75 Å². The van der Waals surface area contributed by atoms with Crippen LogP contribution in [-0.4, -0.2) is 25.8 Å². The van der Waals surface area contributed by atoms with Gasteiger partial charge in [-0.3, -0.25) is 0 Å². The number of hydrogen-bond donors (Lipinski definition) is 2. The lowest BCUT2D eigenvalue weighted by Crippen LogP contribution is -2.16. The summed E-state index contributed by atoms with van der Waals surface area (Å²) < 4.78 is 10.8. The van der Waals surface area contributed by atoms with Gasteiger partial charge in [0.15, 0.2) is 11.3 Å². The highest BCUT2D eigenvalue weighted by Gasteiger charge is 2.13. The fraction of sp³-hybridized carbons (Fsp3) is 0.385. The zero-order valence-electron chi connectivity index (χ0n) is 10.3. The van der Waals surface area contributed by atoms with Crippen LogP contribution in [-0.2, 0) is 0 Å². The van der Waals surface area contributed by atoms with Crippen molar-refractivity contribution in [2.75, 3.05) is 20.7 Å². The minimum absolute atomic E-state index is 0.505. The molecule has 4 heteroatoms. The SMILES string of the molecule is CNCC(O)c1cc(OC)c2oc(C)cc2c1. The smallest absolute Gasteiger partial charge is 0.176 e. The summed E-state index contributed by atoms with van der Waals surface area (Å²) in [6.07, 6.45) is -0.548. The normalized spacial score (nSPS) is 12.9. The number of nitrogens with one attached hydrogen (secondary N) is 1. The fourth-order valence-electron chi connectivity index (χ4n) is 1.93. The second-order valence-corrected chi connectivity index (χ2v) is 4.07. The number of rotatable bonds is 4. The summed E-state index contributed by atoms with van der Waals surface area (Å²) in [4.78, 5) is 0. The molecule has 0 amide bonds. The maximum absolute atomic E-state index is 9.96. The lowest BCUT2D eigenvalue weighted by atomic mass is 10.1. The minimum Gasteiger partial charge on any atom is -0.493 e. The van der Waals surface area contributed by atoms with Gasteiger partial charge >= 0.3 is 0 Å². The highest BCUT2D eigenvalue weighted by molar-refractivity contribution is 5.84. The first-order valence-corrected chi connectivity index (χ1v) is 5.56. The molecular weight excluding hydrogens is 218 g/mol. The largest absolute Gasteiger partial charge is 0.493 e. The van der Waals surface area contributed by atoms with Crippen molar-refractivity contribution >= 4 is 11.0 Å². The molecular formula is C13H17NO3. The molecule has 0 radical (unpaired) electrons. The van der Waals surface area contributed by atoms with E-state index < -0.39 is 6.10 Å². The van der Waals surface area contributed by atoms with Crippen LogP contribution in [0, 0.1) is 6.92 Å². The highest BCUT2D eigenvalue weighted by atomic mass is 16.5. The van der Waals surface area contributed by atoms with Crippen LogP contribution in [0.25, 0.3) is 11.0 Å². The molecule has 17 heavy (non-hydrogen) atoms. The summed E-state index contributed by atoms with van der Waals surface area (Å²) in [5, 5.41) is 13.9. The number of likely N-dealkylation sites (N-methyl/N-ethyl adjacent to an activating group) is 1. The highest BCUT2D eigenvalue weighted by Crippen LogP contribution is 2.32. The van der Waals surface area contributed by atoms with Crippen molar-refractivity contribution in [2.24, 2.45) is 0 Å². The van der Waals surface area contributed by atoms with E-state index in [1.807, 2.05) is 25.1 Å². The van der Waals surface area contributed by atoms with Gasteiger partial charge in [0.1, 0.15) is 5.76 Å². The first-order valence-electron chi connectivity index (χ1n) is 5.56. The average Bonchev–Trinajstić information content (AvgIpc) is 2.68. The average molecular weight is 235 g/mol. The Hall–Kier alpha value is -1.52. The van der Waals surface area contributed by atoms with E-state index in [1.165, 1.54) is 0 Å². The lowest BCUT2D eigenvalue weighted by Gasteiger charge is -2.11. The van der Waals surface area contributed by atoms with Crippen molar-refractivity contribution < 1.29 is 14.3 Å². The molecule has 1 heterocycles. The Morgan fingerprint density at radius 3 is 2.82 bits per heavy atom. The molecule has 0 spiro atoms. The molecule has 1 unspecified atom stereocenters. The molecule has 0 aliphatic rings. The van der Waals surface area contributed by atoms with E-state index in [9.17, 15) is 5.11 Å². The fourth-order valence-corrected chi connectivity index (χ4v) is 1.93. The molecule has 0 saturated heterocycles. The Morgan fingerprint density at radius 2 is 2.18 bits per heavy atom. The summed E-state index contributed by atoms with van der Waals surface area (Å²) in [5.41, 5.74) is 1.55. The van der Waals surface area contributed by atoms with Gasteiger partial charge in [0, 0.05) is 11.9 Å². The molecule has 2 rings (SSSR count). The number of aliphatic hydroxyl groups is 1. The summed E-state index contributed by atoms with van der Waals surface area (Å²) >= 11 is 0. The van der Waals surface area contributed by atoms with Gasteiger partial charge in [-0.15, -0.1) is 0 Å². The summed E-state index contributed by atoms with van der Waals surface area (Å²) in [6.45, 7) is 2.40. The van der Waals surface area contributed by atoms with Crippen molar-refractivity contribution in [2.45, 2.75) is 13.0 Å². The molecule has 0 aliphatic carbocycles. The molecule has 1 aromatic carbocycles. The van der Waals surface area contributed by atoms with Crippen molar-refractivity contribution in [3.63, 3.8) is 0 Å². The summed E-state index contributed by atoms with van der Waals surface area (Å²) in [7, 11) is 3.40. The van der Waals surface area contributed by atoms with Crippen LogP contribution in [0.2, 0.25) is 0 Å². The van der Waals surface area contributed by atoms with Gasteiger partial charge in [-0.2, -0.15) is 0 Å². The molecule has 0 bridgehead atoms. The van der Waals surface area contributed by atoms with Crippen LogP contribution in [0.4, 0.5) is 0 Å². The Bertz CT molecular complexity index is 519. The third-order valence-electron chi connectivity index (χ3n) is 2.73. The number of ether oxygens (including phenoxy) is 1. The van der Waals surface area contributed by atoms with Crippen LogP contribution in [0.15, 0.2) is 22.6 Å². The van der Waals surface area contributed by atoms with Gasteiger partial charge in [-0.05, 0) is 37.7 Å². The van der Waals surface area contributed by atoms with Crippen molar-refractivity contribution in [1.82, 2.24) is 5.32 Å². The van der Waals surface area contributed by atoms with Gasteiger partial charge in [0.05, 0.1) is 13.2 Å². The van der Waals surface area contributed by atoms with Gasteiger partial charge in [0.2, 0.25) is 0 Å². The molecule has 2 aromatic rings. The Morgan fingerprint density at radius 1 is 1.41 bits per heavy atom. The molecule has 2 N–H and O–H groups in total. The van der Waals surface area contributed by atoms with Crippen LogP contribution >= 0.6 is 0 Å². The molecule has 0 fully saturated rings. The number of fused-ring (bicyclic) bond motifs is 1. The van der Waals surface area contributed by atoms with E-state index in [4.69, 9.17) is 9.15 Å². The predicted molar refractivity (Wildman–Crippen MR) is 66.4 cm³/mol. The van der Waals surface area contributed by atoms with E-state index in [-0.39, 0.29) is 0 Å². The second kappa shape index (κ2) is 4.77. The zero-order chi connectivity index (χ0) is 12.4. The van der Waals surface area contributed by atoms with Crippen LogP contribution < -0.4 is 10.1 Å². The van der Waals surface area contributed by atoms with Gasteiger partial charge in [0.25, 0.3) is 0 Å². The van der Waals surface area contributed by atoms with E-state index in [2.05, 4.69) is 5.32 Å². The van der Waals surface area contributed by atoms with E-state index in [0.29, 0.717) is 12.3 Å². The van der Waals surface area contributed by atoms with Crippen LogP contribution in [0.3, 0.4) is 0 Å². The first-order chi connectivity index (χ1) is 8.15. The molecule has 1 atom stereocenters. The number of benzene rings is 1. The van der Waals surface area contributed by atoms with E-state index in [1.54, 1.807) is 14.2 Å². The lowest BCUT2D eigenvalue weighted by molar-refractivity contribution is 0.177. The molecule has 0 saturated carbocycles. The van der Waals surface area contributed by atoms with E-state index >= 15 is 0 Å². The van der Waals surface area contributed by atoms with Crippen molar-refractivity contribution in [1.29, 1.82) is 0 Å². The molecule has 92 valence electrons. The molecule has 1 aromatic heterocycles. The summed E-state index contributed by atoms with van der Waals surface area (Å²) in [5.74, 6) is 1.49. The topological polar surface area (TPSA) is 54.6 Å².